The van der Waals surface area contributed by atoms with Gasteiger partial charge in [0, 0.05) is 11.6 Å². The average Bonchev–Trinajstić information content (AvgIpc) is 2.63. The van der Waals surface area contributed by atoms with Crippen LogP contribution in [0.4, 0.5) is 0 Å². The Labute approximate surface area is 183 Å². The molecule has 0 atom stereocenters. The number of carbonyl (C=O) groups is 1. The average molecular weight is 457 g/mol. The molecule has 164 valence electrons. The molecule has 0 radical (unpaired) electrons. The van der Waals surface area contributed by atoms with E-state index in [-0.39, 0.29) is 16.5 Å². The fourth-order valence-electron chi connectivity index (χ4n) is 3.30. The van der Waals surface area contributed by atoms with E-state index in [1.54, 1.807) is 43.3 Å². The number of aromatic carboxylic acids is 1. The van der Waals surface area contributed by atoms with E-state index in [1.165, 1.54) is 0 Å². The maximum absolute atomic E-state index is 13.7. The highest BCUT2D eigenvalue weighted by Gasteiger charge is 2.29. The molecular weight excluding hydrogens is 428 g/mol. The summed E-state index contributed by atoms with van der Waals surface area (Å²) in [6, 6.07) is 10.4. The first-order valence-corrected chi connectivity index (χ1v) is 16.9. The molecule has 0 bridgehead atoms. The van der Waals surface area contributed by atoms with E-state index >= 15 is 0 Å². The molecular formula is C23H28O6Si2. The topological polar surface area (TPSA) is 86.0 Å². The lowest BCUT2D eigenvalue weighted by Crippen LogP contribution is -2.31. The number of rotatable bonds is 6. The highest BCUT2D eigenvalue weighted by molar-refractivity contribution is 6.71. The summed E-state index contributed by atoms with van der Waals surface area (Å²) >= 11 is 0. The van der Waals surface area contributed by atoms with Gasteiger partial charge in [0.25, 0.3) is 0 Å². The SMILES string of the molecule is Cc1c(O[Si](C)(C)C)cc(O[Si](C)(C)C)c2c(=O)c(-c3ccccc3)c(C(=O)O)oc12. The molecule has 0 saturated heterocycles. The summed E-state index contributed by atoms with van der Waals surface area (Å²) in [4.78, 5) is 25.7. The second-order valence-corrected chi connectivity index (χ2v) is 18.3. The third-order valence-corrected chi connectivity index (χ3v) is 6.08. The van der Waals surface area contributed by atoms with Crippen molar-refractivity contribution in [3.63, 3.8) is 0 Å². The van der Waals surface area contributed by atoms with Crippen LogP contribution in [0.25, 0.3) is 22.1 Å². The van der Waals surface area contributed by atoms with E-state index in [2.05, 4.69) is 0 Å². The van der Waals surface area contributed by atoms with Gasteiger partial charge in [-0.25, -0.2) is 4.79 Å². The molecule has 2 aromatic carbocycles. The Bertz CT molecular complexity index is 1200. The smallest absolute Gasteiger partial charge is 0.372 e. The van der Waals surface area contributed by atoms with Gasteiger partial charge in [-0.05, 0) is 51.8 Å². The third kappa shape index (κ3) is 4.91. The first-order chi connectivity index (χ1) is 14.3. The second-order valence-electron chi connectivity index (χ2n) is 9.44. The van der Waals surface area contributed by atoms with Crippen molar-refractivity contribution in [2.45, 2.75) is 46.2 Å². The van der Waals surface area contributed by atoms with Gasteiger partial charge in [-0.2, -0.15) is 0 Å². The number of hydrogen-bond donors (Lipinski definition) is 1. The third-order valence-electron chi connectivity index (χ3n) is 4.42. The van der Waals surface area contributed by atoms with Gasteiger partial charge in [0.2, 0.25) is 27.8 Å². The monoisotopic (exact) mass is 456 g/mol. The minimum Gasteiger partial charge on any atom is -0.544 e. The van der Waals surface area contributed by atoms with E-state index in [4.69, 9.17) is 13.3 Å². The lowest BCUT2D eigenvalue weighted by Gasteiger charge is -2.25. The summed E-state index contributed by atoms with van der Waals surface area (Å²) in [7, 11) is -4.10. The van der Waals surface area contributed by atoms with Gasteiger partial charge in [0.05, 0.1) is 5.56 Å². The van der Waals surface area contributed by atoms with Gasteiger partial charge >= 0.3 is 5.97 Å². The zero-order valence-electron chi connectivity index (χ0n) is 19.0. The Kier molecular flexibility index (Phi) is 5.90. The predicted molar refractivity (Wildman–Crippen MR) is 128 cm³/mol. The van der Waals surface area contributed by atoms with Crippen molar-refractivity contribution in [1.82, 2.24) is 0 Å². The minimum absolute atomic E-state index is 0.0132. The van der Waals surface area contributed by atoms with Gasteiger partial charge in [0.15, 0.2) is 0 Å². The molecule has 0 aliphatic heterocycles. The van der Waals surface area contributed by atoms with Crippen LogP contribution in [0.2, 0.25) is 39.3 Å². The van der Waals surface area contributed by atoms with Crippen LogP contribution in [0, 0.1) is 6.92 Å². The number of benzene rings is 2. The van der Waals surface area contributed by atoms with Crippen LogP contribution in [0.5, 0.6) is 11.5 Å². The summed E-state index contributed by atoms with van der Waals surface area (Å²) in [6.45, 7) is 14.0. The van der Waals surface area contributed by atoms with Crippen molar-refractivity contribution < 1.29 is 23.2 Å². The number of aryl methyl sites for hydroxylation is 1. The van der Waals surface area contributed by atoms with Crippen LogP contribution in [0.1, 0.15) is 16.1 Å². The quantitative estimate of drug-likeness (QED) is 0.465. The van der Waals surface area contributed by atoms with E-state index in [9.17, 15) is 14.7 Å². The molecule has 0 fully saturated rings. The van der Waals surface area contributed by atoms with Crippen molar-refractivity contribution in [3.8, 4) is 22.6 Å². The first-order valence-electron chi connectivity index (χ1n) is 10.1. The summed E-state index contributed by atoms with van der Waals surface area (Å²) in [5.41, 5.74) is 0.834. The van der Waals surface area contributed by atoms with E-state index in [1.807, 2.05) is 39.3 Å². The Balaban J connectivity index is 2.48. The van der Waals surface area contributed by atoms with Gasteiger partial charge < -0.3 is 18.4 Å². The normalized spacial score (nSPS) is 12.1. The summed E-state index contributed by atoms with van der Waals surface area (Å²) in [5, 5.41) is 10.1. The molecule has 0 spiro atoms. The van der Waals surface area contributed by atoms with Crippen LogP contribution in [-0.4, -0.2) is 27.7 Å². The highest BCUT2D eigenvalue weighted by Crippen LogP contribution is 2.38. The van der Waals surface area contributed by atoms with Crippen LogP contribution in [0.15, 0.2) is 45.6 Å². The molecule has 0 saturated carbocycles. The van der Waals surface area contributed by atoms with E-state index in [0.29, 0.717) is 22.6 Å². The second kappa shape index (κ2) is 8.01. The first kappa shape index (κ1) is 22.8. The molecule has 1 aromatic heterocycles. The van der Waals surface area contributed by atoms with E-state index in [0.717, 1.165) is 0 Å². The van der Waals surface area contributed by atoms with Crippen molar-refractivity contribution in [3.05, 3.63) is 57.9 Å². The van der Waals surface area contributed by atoms with Crippen LogP contribution >= 0.6 is 0 Å². The molecule has 8 heteroatoms. The standard InChI is InChI=1S/C23H28O6Si2/c1-14-16(28-30(2,3)4)13-17(29-31(5,6)7)19-20(24)18(15-11-9-8-10-12-15)22(23(25)26)27-21(14)19/h8-13H,1-7H3,(H,25,26). The Morgan fingerprint density at radius 3 is 2.00 bits per heavy atom. The van der Waals surface area contributed by atoms with Crippen molar-refractivity contribution in [2.24, 2.45) is 0 Å². The van der Waals surface area contributed by atoms with Crippen LogP contribution in [-0.2, 0) is 0 Å². The molecule has 6 nitrogen and oxygen atoms in total. The van der Waals surface area contributed by atoms with Gasteiger partial charge in [0.1, 0.15) is 22.5 Å². The molecule has 1 N–H and O–H groups in total. The number of carboxylic acid groups (broad SMARTS) is 1. The fraction of sp³-hybridized carbons (Fsp3) is 0.304. The summed E-state index contributed by atoms with van der Waals surface area (Å²) in [5.74, 6) is -0.778. The molecule has 0 aliphatic carbocycles. The Morgan fingerprint density at radius 2 is 1.48 bits per heavy atom. The maximum Gasteiger partial charge on any atom is 0.372 e. The lowest BCUT2D eigenvalue weighted by molar-refractivity contribution is 0.0664. The molecule has 31 heavy (non-hydrogen) atoms. The van der Waals surface area contributed by atoms with Gasteiger partial charge in [-0.1, -0.05) is 30.3 Å². The molecule has 0 unspecified atom stereocenters. The predicted octanol–water partition coefficient (Wildman–Crippen LogP) is 5.89. The van der Waals surface area contributed by atoms with Crippen molar-refractivity contribution >= 4 is 33.6 Å². The van der Waals surface area contributed by atoms with Crippen molar-refractivity contribution in [1.29, 1.82) is 0 Å². The fourth-order valence-corrected chi connectivity index (χ4v) is 4.99. The zero-order valence-corrected chi connectivity index (χ0v) is 21.0. The maximum atomic E-state index is 13.7. The minimum atomic E-state index is -2.11. The lowest BCUT2D eigenvalue weighted by atomic mass is 10.0. The molecule has 3 aromatic rings. The van der Waals surface area contributed by atoms with Crippen LogP contribution < -0.4 is 14.3 Å². The van der Waals surface area contributed by atoms with Crippen LogP contribution in [0.3, 0.4) is 0 Å². The number of fused-ring (bicyclic) bond motifs is 1. The number of carboxylic acids is 1. The van der Waals surface area contributed by atoms with Crippen molar-refractivity contribution in [2.75, 3.05) is 0 Å². The largest absolute Gasteiger partial charge is 0.544 e. The zero-order chi connectivity index (χ0) is 23.1. The Hall–Kier alpha value is -2.85. The van der Waals surface area contributed by atoms with Gasteiger partial charge in [-0.15, -0.1) is 0 Å². The molecule has 0 amide bonds. The van der Waals surface area contributed by atoms with Gasteiger partial charge in [-0.3, -0.25) is 4.79 Å². The Morgan fingerprint density at radius 1 is 0.935 bits per heavy atom. The molecule has 0 aliphatic rings. The highest BCUT2D eigenvalue weighted by atomic mass is 28.4. The summed E-state index contributed by atoms with van der Waals surface area (Å²) in [6.07, 6.45) is 0. The number of hydrogen-bond acceptors (Lipinski definition) is 5. The molecule has 1 heterocycles. The van der Waals surface area contributed by atoms with E-state index < -0.39 is 33.8 Å². The molecule has 3 rings (SSSR count). The summed E-state index contributed by atoms with van der Waals surface area (Å²) < 4.78 is 18.4.